The Labute approximate surface area is 102 Å². The highest BCUT2D eigenvalue weighted by Gasteiger charge is 2.07. The average molecular weight is 249 g/mol. The van der Waals surface area contributed by atoms with Crippen LogP contribution in [0.25, 0.3) is 0 Å². The van der Waals surface area contributed by atoms with E-state index in [0.717, 1.165) is 0 Å². The molecule has 0 bridgehead atoms. The van der Waals surface area contributed by atoms with Gasteiger partial charge in [0.15, 0.2) is 0 Å². The predicted molar refractivity (Wildman–Crippen MR) is 63.7 cm³/mol. The number of rotatable bonds is 3. The van der Waals surface area contributed by atoms with Crippen molar-refractivity contribution < 1.29 is 9.18 Å². The summed E-state index contributed by atoms with van der Waals surface area (Å²) in [6.07, 6.45) is 0. The Balaban J connectivity index is 2.03. The van der Waals surface area contributed by atoms with Gasteiger partial charge in [-0.15, -0.1) is 0 Å². The van der Waals surface area contributed by atoms with E-state index in [-0.39, 0.29) is 23.8 Å². The van der Waals surface area contributed by atoms with Gasteiger partial charge in [0, 0.05) is 11.6 Å². The maximum Gasteiger partial charge on any atom is 0.264 e. The largest absolute Gasteiger partial charge is 0.346 e. The lowest BCUT2D eigenvalue weighted by Crippen LogP contribution is -2.23. The molecule has 1 aromatic heterocycles. The van der Waals surface area contributed by atoms with Crippen LogP contribution in [0.3, 0.4) is 0 Å². The summed E-state index contributed by atoms with van der Waals surface area (Å²) in [5, 5.41) is 7.61. The second-order valence-corrected chi connectivity index (χ2v) is 3.93. The summed E-state index contributed by atoms with van der Waals surface area (Å²) in [6, 6.07) is 5.50. The van der Waals surface area contributed by atoms with Gasteiger partial charge in [0.25, 0.3) is 11.5 Å². The van der Waals surface area contributed by atoms with Crippen LogP contribution < -0.4 is 10.9 Å². The SMILES string of the molecule is Cc1cc(C(=O)NCc2cc(=O)[nH][nH]2)ccc1F. The first-order valence-electron chi connectivity index (χ1n) is 5.37. The predicted octanol–water partition coefficient (Wildman–Crippen LogP) is 1.08. The van der Waals surface area contributed by atoms with Crippen LogP contribution in [0, 0.1) is 12.7 Å². The van der Waals surface area contributed by atoms with Gasteiger partial charge in [-0.25, -0.2) is 4.39 Å². The van der Waals surface area contributed by atoms with Crippen molar-refractivity contribution in [3.63, 3.8) is 0 Å². The summed E-state index contributed by atoms with van der Waals surface area (Å²) in [4.78, 5) is 22.6. The van der Waals surface area contributed by atoms with Crippen molar-refractivity contribution in [3.05, 3.63) is 57.3 Å². The number of hydrogen-bond donors (Lipinski definition) is 3. The van der Waals surface area contributed by atoms with E-state index in [1.54, 1.807) is 6.92 Å². The van der Waals surface area contributed by atoms with Crippen LogP contribution >= 0.6 is 0 Å². The summed E-state index contributed by atoms with van der Waals surface area (Å²) < 4.78 is 13.0. The van der Waals surface area contributed by atoms with Crippen LogP contribution in [0.1, 0.15) is 21.6 Å². The molecule has 0 saturated heterocycles. The molecular weight excluding hydrogens is 237 g/mol. The smallest absolute Gasteiger partial charge is 0.264 e. The second kappa shape index (κ2) is 4.87. The van der Waals surface area contributed by atoms with Gasteiger partial charge in [-0.1, -0.05) is 0 Å². The molecule has 0 aliphatic rings. The maximum absolute atomic E-state index is 13.0. The van der Waals surface area contributed by atoms with Gasteiger partial charge < -0.3 is 10.4 Å². The molecule has 0 saturated carbocycles. The zero-order valence-electron chi connectivity index (χ0n) is 9.71. The third-order valence-corrected chi connectivity index (χ3v) is 2.51. The molecule has 1 amide bonds. The molecule has 18 heavy (non-hydrogen) atoms. The van der Waals surface area contributed by atoms with Crippen molar-refractivity contribution in [1.82, 2.24) is 15.5 Å². The number of nitrogens with one attached hydrogen (secondary N) is 3. The molecule has 2 rings (SSSR count). The minimum atomic E-state index is -0.346. The average Bonchev–Trinajstić information content (AvgIpc) is 2.75. The highest BCUT2D eigenvalue weighted by Crippen LogP contribution is 2.09. The van der Waals surface area contributed by atoms with E-state index in [1.165, 1.54) is 24.3 Å². The van der Waals surface area contributed by atoms with Crippen LogP contribution in [-0.4, -0.2) is 16.1 Å². The van der Waals surface area contributed by atoms with Gasteiger partial charge in [0.05, 0.1) is 12.2 Å². The fraction of sp³-hybridized carbons (Fsp3) is 0.167. The van der Waals surface area contributed by atoms with Crippen LogP contribution in [0.2, 0.25) is 0 Å². The summed E-state index contributed by atoms with van der Waals surface area (Å²) in [5.74, 6) is -0.665. The molecular formula is C12H12FN3O2. The van der Waals surface area contributed by atoms with Gasteiger partial charge in [-0.3, -0.25) is 14.7 Å². The molecule has 94 valence electrons. The molecule has 2 aromatic rings. The molecule has 0 radical (unpaired) electrons. The summed E-state index contributed by atoms with van der Waals surface area (Å²) >= 11 is 0. The lowest BCUT2D eigenvalue weighted by Gasteiger charge is -2.05. The fourth-order valence-electron chi connectivity index (χ4n) is 1.53. The highest BCUT2D eigenvalue weighted by molar-refractivity contribution is 5.94. The van der Waals surface area contributed by atoms with Crippen LogP contribution in [-0.2, 0) is 6.54 Å². The molecule has 6 heteroatoms. The van der Waals surface area contributed by atoms with E-state index >= 15 is 0 Å². The number of carbonyl (C=O) groups excluding carboxylic acids is 1. The van der Waals surface area contributed by atoms with Crippen molar-refractivity contribution in [2.75, 3.05) is 0 Å². The molecule has 0 aliphatic carbocycles. The number of amides is 1. The number of H-pyrrole nitrogens is 2. The summed E-state index contributed by atoms with van der Waals surface area (Å²) in [5.41, 5.74) is 1.12. The van der Waals surface area contributed by atoms with Crippen molar-refractivity contribution in [2.45, 2.75) is 13.5 Å². The van der Waals surface area contributed by atoms with Crippen molar-refractivity contribution in [2.24, 2.45) is 0 Å². The Bertz CT molecular complexity index is 630. The first-order chi connectivity index (χ1) is 8.56. The number of aromatic nitrogens is 2. The quantitative estimate of drug-likeness (QED) is 0.761. The summed E-state index contributed by atoms with van der Waals surface area (Å²) in [6.45, 7) is 1.80. The molecule has 0 unspecified atom stereocenters. The van der Waals surface area contributed by atoms with Crippen LogP contribution in [0.5, 0.6) is 0 Å². The Morgan fingerprint density at radius 3 is 2.72 bits per heavy atom. The molecule has 0 atom stereocenters. The van der Waals surface area contributed by atoms with Gasteiger partial charge in [0.1, 0.15) is 5.82 Å². The van der Waals surface area contributed by atoms with E-state index in [4.69, 9.17) is 0 Å². The first-order valence-corrected chi connectivity index (χ1v) is 5.37. The fourth-order valence-corrected chi connectivity index (χ4v) is 1.53. The van der Waals surface area contributed by atoms with E-state index in [9.17, 15) is 14.0 Å². The maximum atomic E-state index is 13.0. The Morgan fingerprint density at radius 1 is 1.33 bits per heavy atom. The second-order valence-electron chi connectivity index (χ2n) is 3.93. The standard InChI is InChI=1S/C12H12FN3O2/c1-7-4-8(2-3-10(7)13)12(18)14-6-9-5-11(17)16-15-9/h2-5H,6H2,1H3,(H,14,18)(H2,15,16,17). The Hall–Kier alpha value is -2.37. The van der Waals surface area contributed by atoms with Gasteiger partial charge in [-0.05, 0) is 30.7 Å². The van der Waals surface area contributed by atoms with Crippen molar-refractivity contribution in [1.29, 1.82) is 0 Å². The number of hydrogen-bond acceptors (Lipinski definition) is 2. The number of aryl methyl sites for hydroxylation is 1. The van der Waals surface area contributed by atoms with Gasteiger partial charge in [-0.2, -0.15) is 0 Å². The van der Waals surface area contributed by atoms with Crippen molar-refractivity contribution >= 4 is 5.91 Å². The van der Waals surface area contributed by atoms with Crippen LogP contribution in [0.15, 0.2) is 29.1 Å². The number of aromatic amines is 2. The molecule has 1 heterocycles. The van der Waals surface area contributed by atoms with E-state index < -0.39 is 0 Å². The molecule has 3 N–H and O–H groups in total. The summed E-state index contributed by atoms with van der Waals surface area (Å²) in [7, 11) is 0. The first kappa shape index (κ1) is 12.1. The number of halogens is 1. The van der Waals surface area contributed by atoms with E-state index in [1.807, 2.05) is 0 Å². The van der Waals surface area contributed by atoms with Crippen molar-refractivity contribution in [3.8, 4) is 0 Å². The Morgan fingerprint density at radius 2 is 2.11 bits per heavy atom. The molecule has 0 fully saturated rings. The molecule has 0 spiro atoms. The Kier molecular flexibility index (Phi) is 3.27. The van der Waals surface area contributed by atoms with E-state index in [2.05, 4.69) is 15.5 Å². The lowest BCUT2D eigenvalue weighted by atomic mass is 10.1. The molecule has 5 nitrogen and oxygen atoms in total. The minimum absolute atomic E-state index is 0.202. The monoisotopic (exact) mass is 249 g/mol. The number of carbonyl (C=O) groups is 1. The lowest BCUT2D eigenvalue weighted by molar-refractivity contribution is 0.0950. The van der Waals surface area contributed by atoms with Crippen LogP contribution in [0.4, 0.5) is 4.39 Å². The topological polar surface area (TPSA) is 77.8 Å². The molecule has 1 aromatic carbocycles. The highest BCUT2D eigenvalue weighted by atomic mass is 19.1. The van der Waals surface area contributed by atoms with Gasteiger partial charge in [0.2, 0.25) is 0 Å². The molecule has 0 aliphatic heterocycles. The zero-order valence-corrected chi connectivity index (χ0v) is 9.71. The zero-order chi connectivity index (χ0) is 13.1. The third-order valence-electron chi connectivity index (χ3n) is 2.51. The minimum Gasteiger partial charge on any atom is -0.346 e. The third kappa shape index (κ3) is 2.65. The number of benzene rings is 1. The van der Waals surface area contributed by atoms with Gasteiger partial charge >= 0.3 is 0 Å². The normalized spacial score (nSPS) is 10.3. The van der Waals surface area contributed by atoms with E-state index in [0.29, 0.717) is 16.8 Å².